The highest BCUT2D eigenvalue weighted by atomic mass is 35.5. The van der Waals surface area contributed by atoms with Gasteiger partial charge in [0.15, 0.2) is 0 Å². The fourth-order valence-corrected chi connectivity index (χ4v) is 1.09. The Morgan fingerprint density at radius 1 is 1.50 bits per heavy atom. The van der Waals surface area contributed by atoms with Crippen LogP contribution in [0.4, 0.5) is 0 Å². The number of rotatable bonds is 3. The van der Waals surface area contributed by atoms with Crippen LogP contribution in [-0.4, -0.2) is 13.7 Å². The smallest absolute Gasteiger partial charge is 0.0646 e. The summed E-state index contributed by atoms with van der Waals surface area (Å²) in [7, 11) is 1.67. The van der Waals surface area contributed by atoms with Crippen LogP contribution in [0.25, 0.3) is 6.08 Å². The van der Waals surface area contributed by atoms with Crippen LogP contribution in [0, 0.1) is 0 Å². The summed E-state index contributed by atoms with van der Waals surface area (Å²) in [5, 5.41) is 0.759. The third kappa shape index (κ3) is 3.07. The van der Waals surface area contributed by atoms with Gasteiger partial charge in [-0.1, -0.05) is 35.9 Å². The summed E-state index contributed by atoms with van der Waals surface area (Å²) in [4.78, 5) is 0. The van der Waals surface area contributed by atoms with E-state index in [9.17, 15) is 0 Å². The predicted molar refractivity (Wildman–Crippen MR) is 52.4 cm³/mol. The van der Waals surface area contributed by atoms with Crippen molar-refractivity contribution in [3.05, 3.63) is 40.9 Å². The first-order valence-electron chi connectivity index (χ1n) is 3.74. The first-order valence-corrected chi connectivity index (χ1v) is 4.12. The Labute approximate surface area is 77.6 Å². The van der Waals surface area contributed by atoms with Gasteiger partial charge >= 0.3 is 0 Å². The molecule has 1 nitrogen and oxygen atoms in total. The van der Waals surface area contributed by atoms with Gasteiger partial charge in [-0.05, 0) is 17.7 Å². The molecule has 0 amide bonds. The van der Waals surface area contributed by atoms with Crippen LogP contribution in [0.3, 0.4) is 0 Å². The van der Waals surface area contributed by atoms with Gasteiger partial charge in [0.05, 0.1) is 6.61 Å². The number of methoxy groups -OCH3 is 1. The monoisotopic (exact) mass is 182 g/mol. The Morgan fingerprint density at radius 3 is 3.00 bits per heavy atom. The van der Waals surface area contributed by atoms with Crippen LogP contribution in [0.2, 0.25) is 5.02 Å². The highest BCUT2D eigenvalue weighted by molar-refractivity contribution is 6.30. The average Bonchev–Trinajstić information content (AvgIpc) is 2.05. The molecule has 0 fully saturated rings. The van der Waals surface area contributed by atoms with Gasteiger partial charge in [0.2, 0.25) is 0 Å². The second-order valence-electron chi connectivity index (χ2n) is 2.41. The summed E-state index contributed by atoms with van der Waals surface area (Å²) in [6, 6.07) is 7.69. The molecule has 64 valence electrons. The minimum Gasteiger partial charge on any atom is -0.381 e. The second kappa shape index (κ2) is 4.96. The van der Waals surface area contributed by atoms with E-state index in [1.54, 1.807) is 7.11 Å². The summed E-state index contributed by atoms with van der Waals surface area (Å²) in [6.45, 7) is 0.631. The maximum atomic E-state index is 5.79. The zero-order valence-corrected chi connectivity index (χ0v) is 7.71. The Bertz CT molecular complexity index is 268. The van der Waals surface area contributed by atoms with Crippen LogP contribution >= 0.6 is 11.6 Å². The van der Waals surface area contributed by atoms with Crippen LogP contribution in [0.1, 0.15) is 5.56 Å². The van der Waals surface area contributed by atoms with Crippen molar-refractivity contribution in [3.63, 3.8) is 0 Å². The molecule has 0 aliphatic heterocycles. The van der Waals surface area contributed by atoms with E-state index in [0.29, 0.717) is 6.61 Å². The standard InChI is InChI=1S/C10H11ClO/c1-12-7-3-5-9-4-2-6-10(11)8-9/h2-6,8H,7H2,1H3. The van der Waals surface area contributed by atoms with Gasteiger partial charge in [-0.3, -0.25) is 0 Å². The lowest BCUT2D eigenvalue weighted by molar-refractivity contribution is 0.234. The highest BCUT2D eigenvalue weighted by Crippen LogP contribution is 2.11. The van der Waals surface area contributed by atoms with Crippen molar-refractivity contribution >= 4 is 17.7 Å². The molecule has 2 heteroatoms. The quantitative estimate of drug-likeness (QED) is 0.699. The van der Waals surface area contributed by atoms with Gasteiger partial charge in [-0.2, -0.15) is 0 Å². The summed E-state index contributed by atoms with van der Waals surface area (Å²) < 4.78 is 4.87. The molecule has 0 spiro atoms. The van der Waals surface area contributed by atoms with E-state index in [1.165, 1.54) is 0 Å². The third-order valence-electron chi connectivity index (χ3n) is 1.42. The van der Waals surface area contributed by atoms with Gasteiger partial charge in [0.25, 0.3) is 0 Å². The van der Waals surface area contributed by atoms with Crippen molar-refractivity contribution < 1.29 is 4.74 Å². The molecular formula is C10H11ClO. The maximum Gasteiger partial charge on any atom is 0.0646 e. The lowest BCUT2D eigenvalue weighted by atomic mass is 10.2. The Balaban J connectivity index is 2.63. The van der Waals surface area contributed by atoms with E-state index in [0.717, 1.165) is 10.6 Å². The molecule has 1 aromatic rings. The normalized spacial score (nSPS) is 10.8. The average molecular weight is 183 g/mol. The van der Waals surface area contributed by atoms with Gasteiger partial charge in [0, 0.05) is 12.1 Å². The molecule has 0 heterocycles. The lowest BCUT2D eigenvalue weighted by Gasteiger charge is -1.93. The van der Waals surface area contributed by atoms with E-state index in [-0.39, 0.29) is 0 Å². The molecule has 0 bridgehead atoms. The van der Waals surface area contributed by atoms with Gasteiger partial charge < -0.3 is 4.74 Å². The molecule has 0 atom stereocenters. The van der Waals surface area contributed by atoms with E-state index >= 15 is 0 Å². The summed E-state index contributed by atoms with van der Waals surface area (Å²) in [5.74, 6) is 0. The van der Waals surface area contributed by atoms with Crippen molar-refractivity contribution in [2.75, 3.05) is 13.7 Å². The molecule has 12 heavy (non-hydrogen) atoms. The van der Waals surface area contributed by atoms with Gasteiger partial charge in [-0.25, -0.2) is 0 Å². The van der Waals surface area contributed by atoms with Crippen LogP contribution in [0.5, 0.6) is 0 Å². The molecule has 0 saturated carbocycles. The molecule has 0 unspecified atom stereocenters. The van der Waals surface area contributed by atoms with Crippen molar-refractivity contribution in [1.29, 1.82) is 0 Å². The topological polar surface area (TPSA) is 9.23 Å². The maximum absolute atomic E-state index is 5.79. The fraction of sp³-hybridized carbons (Fsp3) is 0.200. The van der Waals surface area contributed by atoms with E-state index < -0.39 is 0 Å². The zero-order valence-electron chi connectivity index (χ0n) is 6.96. The van der Waals surface area contributed by atoms with E-state index in [4.69, 9.17) is 16.3 Å². The largest absolute Gasteiger partial charge is 0.381 e. The number of hydrogen-bond acceptors (Lipinski definition) is 1. The van der Waals surface area contributed by atoms with Crippen LogP contribution in [-0.2, 0) is 4.74 Å². The molecule has 1 rings (SSSR count). The zero-order chi connectivity index (χ0) is 8.81. The summed E-state index contributed by atoms with van der Waals surface area (Å²) in [6.07, 6.45) is 3.93. The number of halogens is 1. The van der Waals surface area contributed by atoms with Gasteiger partial charge in [-0.15, -0.1) is 0 Å². The van der Waals surface area contributed by atoms with E-state index in [1.807, 2.05) is 36.4 Å². The van der Waals surface area contributed by atoms with E-state index in [2.05, 4.69) is 0 Å². The molecule has 0 aliphatic carbocycles. The van der Waals surface area contributed by atoms with Crippen molar-refractivity contribution in [3.8, 4) is 0 Å². The van der Waals surface area contributed by atoms with Crippen LogP contribution in [0.15, 0.2) is 30.3 Å². The van der Waals surface area contributed by atoms with Crippen molar-refractivity contribution in [2.24, 2.45) is 0 Å². The Kier molecular flexibility index (Phi) is 3.85. The van der Waals surface area contributed by atoms with Crippen molar-refractivity contribution in [2.45, 2.75) is 0 Å². The Morgan fingerprint density at radius 2 is 2.33 bits per heavy atom. The minimum absolute atomic E-state index is 0.631. The second-order valence-corrected chi connectivity index (χ2v) is 2.85. The number of hydrogen-bond donors (Lipinski definition) is 0. The summed E-state index contributed by atoms with van der Waals surface area (Å²) in [5.41, 5.74) is 1.10. The molecular weight excluding hydrogens is 172 g/mol. The molecule has 0 aliphatic rings. The Hall–Kier alpha value is -0.790. The molecule has 0 saturated heterocycles. The summed E-state index contributed by atoms with van der Waals surface area (Å²) >= 11 is 5.79. The minimum atomic E-state index is 0.631. The van der Waals surface area contributed by atoms with Crippen molar-refractivity contribution in [1.82, 2.24) is 0 Å². The lowest BCUT2D eigenvalue weighted by Crippen LogP contribution is -1.80. The fourth-order valence-electron chi connectivity index (χ4n) is 0.891. The highest BCUT2D eigenvalue weighted by Gasteiger charge is 1.87. The molecule has 0 aromatic heterocycles. The SMILES string of the molecule is COCC=Cc1cccc(Cl)c1. The third-order valence-corrected chi connectivity index (χ3v) is 1.66. The predicted octanol–water partition coefficient (Wildman–Crippen LogP) is 3.00. The molecule has 0 N–H and O–H groups in total. The van der Waals surface area contributed by atoms with Gasteiger partial charge in [0.1, 0.15) is 0 Å². The number of benzene rings is 1. The van der Waals surface area contributed by atoms with Crippen LogP contribution < -0.4 is 0 Å². The molecule has 0 radical (unpaired) electrons. The first-order chi connectivity index (χ1) is 5.83. The first kappa shape index (κ1) is 9.30. The molecule has 1 aromatic carbocycles. The number of ether oxygens (including phenoxy) is 1.